The highest BCUT2D eigenvalue weighted by Crippen LogP contribution is 2.32. The van der Waals surface area contributed by atoms with Gasteiger partial charge in [-0.15, -0.1) is 0 Å². The van der Waals surface area contributed by atoms with E-state index in [0.29, 0.717) is 28.5 Å². The number of carbonyl (C=O) groups is 2. The molecule has 0 radical (unpaired) electrons. The van der Waals surface area contributed by atoms with E-state index < -0.39 is 17.4 Å². The third-order valence-corrected chi connectivity index (χ3v) is 6.35. The maximum Gasteiger partial charge on any atom is 0.258 e. The largest absolute Gasteiger partial charge is 0.342 e. The number of rotatable bonds is 3. The third kappa shape index (κ3) is 4.55. The molecular formula is C21H23Cl2N5O3. The van der Waals surface area contributed by atoms with E-state index in [1.165, 1.54) is 6.07 Å². The topological polar surface area (TPSA) is 107 Å². The molecule has 1 saturated heterocycles. The van der Waals surface area contributed by atoms with Crippen LogP contribution in [0.5, 0.6) is 0 Å². The lowest BCUT2D eigenvalue weighted by atomic mass is 9.91. The van der Waals surface area contributed by atoms with Gasteiger partial charge in [0.05, 0.1) is 21.5 Å². The number of carbonyl (C=O) groups excluding carboxylic acids is 2. The highest BCUT2D eigenvalue weighted by atomic mass is 35.5. The predicted octanol–water partition coefficient (Wildman–Crippen LogP) is 3.62. The summed E-state index contributed by atoms with van der Waals surface area (Å²) in [5.41, 5.74) is 0.142. The number of piperidine rings is 1. The summed E-state index contributed by atoms with van der Waals surface area (Å²) in [6.07, 6.45) is 0.960. The van der Waals surface area contributed by atoms with Gasteiger partial charge in [-0.2, -0.15) is 4.98 Å². The molecule has 2 aliphatic rings. The van der Waals surface area contributed by atoms with Crippen LogP contribution in [0.4, 0.5) is 17.5 Å². The molecule has 4 rings (SSSR count). The Balaban J connectivity index is 1.64. The van der Waals surface area contributed by atoms with Crippen LogP contribution in [0, 0.1) is 11.8 Å². The minimum absolute atomic E-state index is 0.134. The van der Waals surface area contributed by atoms with Crippen LogP contribution in [0.1, 0.15) is 38.2 Å². The molecule has 3 N–H and O–H groups in total. The first-order valence-electron chi connectivity index (χ1n) is 10.2. The summed E-state index contributed by atoms with van der Waals surface area (Å²) >= 11 is 11.9. The Morgan fingerprint density at radius 1 is 1.16 bits per heavy atom. The lowest BCUT2D eigenvalue weighted by molar-refractivity contribution is -0.123. The summed E-state index contributed by atoms with van der Waals surface area (Å²) in [6, 6.07) is 4.67. The Morgan fingerprint density at radius 2 is 1.87 bits per heavy atom. The quantitative estimate of drug-likeness (QED) is 0.643. The van der Waals surface area contributed by atoms with Crippen LogP contribution < -0.4 is 21.1 Å². The molecule has 31 heavy (non-hydrogen) atoms. The molecule has 0 aliphatic carbocycles. The van der Waals surface area contributed by atoms with E-state index in [0.717, 1.165) is 19.5 Å². The number of aromatic nitrogens is 2. The molecule has 3 heterocycles. The number of hydrogen-bond acceptors (Lipinski definition) is 5. The van der Waals surface area contributed by atoms with Crippen molar-refractivity contribution in [3.05, 3.63) is 44.2 Å². The van der Waals surface area contributed by atoms with Crippen molar-refractivity contribution in [1.29, 1.82) is 0 Å². The molecule has 164 valence electrons. The van der Waals surface area contributed by atoms with Crippen molar-refractivity contribution < 1.29 is 9.59 Å². The summed E-state index contributed by atoms with van der Waals surface area (Å²) < 4.78 is 0. The number of benzene rings is 1. The molecule has 0 unspecified atom stereocenters. The van der Waals surface area contributed by atoms with Gasteiger partial charge in [-0.1, -0.05) is 37.0 Å². The summed E-state index contributed by atoms with van der Waals surface area (Å²) in [4.78, 5) is 47.5. The number of hydrogen-bond donors (Lipinski definition) is 3. The zero-order valence-electron chi connectivity index (χ0n) is 17.2. The van der Waals surface area contributed by atoms with Crippen molar-refractivity contribution in [2.45, 2.75) is 32.6 Å². The van der Waals surface area contributed by atoms with Gasteiger partial charge < -0.3 is 15.5 Å². The maximum absolute atomic E-state index is 13.0. The Morgan fingerprint density at radius 3 is 2.55 bits per heavy atom. The average molecular weight is 464 g/mol. The maximum atomic E-state index is 13.0. The fourth-order valence-corrected chi connectivity index (χ4v) is 4.67. The normalized spacial score (nSPS) is 23.2. The van der Waals surface area contributed by atoms with Crippen LogP contribution in [0.2, 0.25) is 10.0 Å². The first kappa shape index (κ1) is 21.6. The average Bonchev–Trinajstić information content (AvgIpc) is 2.69. The van der Waals surface area contributed by atoms with E-state index in [1.54, 1.807) is 12.1 Å². The summed E-state index contributed by atoms with van der Waals surface area (Å²) in [7, 11) is 0. The predicted molar refractivity (Wildman–Crippen MR) is 121 cm³/mol. The molecule has 1 aromatic carbocycles. The van der Waals surface area contributed by atoms with Gasteiger partial charge in [-0.25, -0.2) is 0 Å². The van der Waals surface area contributed by atoms with E-state index in [2.05, 4.69) is 34.4 Å². The van der Waals surface area contributed by atoms with Gasteiger partial charge in [0.15, 0.2) is 0 Å². The van der Waals surface area contributed by atoms with Crippen LogP contribution in [0.15, 0.2) is 23.0 Å². The Bertz CT molecular complexity index is 1090. The minimum Gasteiger partial charge on any atom is -0.342 e. The molecule has 0 bridgehead atoms. The standard InChI is InChI=1S/C21H23Cl2N5O3/c1-10-5-11(2)9-28(8-10)21-26-18-17(20(31)27-21)13(7-16(29)25-18)19(30)24-12-3-4-14(22)15(23)6-12/h3-4,6,10-11,13H,5,7-9H2,1-2H3,(H,24,30)(H2,25,26,27,29,31)/t10-,11-,13-/m1/s1. The molecule has 2 amide bonds. The summed E-state index contributed by atoms with van der Waals surface area (Å²) in [5, 5.41) is 6.00. The minimum atomic E-state index is -0.970. The number of fused-ring (bicyclic) bond motifs is 1. The molecule has 1 aromatic heterocycles. The monoisotopic (exact) mass is 463 g/mol. The second-order valence-corrected chi connectivity index (χ2v) is 9.24. The molecule has 1 fully saturated rings. The lowest BCUT2D eigenvalue weighted by Gasteiger charge is -2.35. The lowest BCUT2D eigenvalue weighted by Crippen LogP contribution is -2.42. The van der Waals surface area contributed by atoms with Gasteiger partial charge >= 0.3 is 0 Å². The molecule has 3 atom stereocenters. The Labute approximate surface area is 189 Å². The zero-order chi connectivity index (χ0) is 22.3. The fraction of sp³-hybridized carbons (Fsp3) is 0.429. The fourth-order valence-electron chi connectivity index (χ4n) is 4.37. The summed E-state index contributed by atoms with van der Waals surface area (Å²) in [5.74, 6) is -0.361. The van der Waals surface area contributed by atoms with Crippen LogP contribution in [0.25, 0.3) is 0 Å². The van der Waals surface area contributed by atoms with Gasteiger partial charge in [-0.05, 0) is 36.5 Å². The van der Waals surface area contributed by atoms with Crippen molar-refractivity contribution in [3.8, 4) is 0 Å². The molecule has 0 saturated carbocycles. The highest BCUT2D eigenvalue weighted by molar-refractivity contribution is 6.42. The van der Waals surface area contributed by atoms with Gasteiger partial charge in [0, 0.05) is 25.2 Å². The first-order chi connectivity index (χ1) is 14.7. The van der Waals surface area contributed by atoms with E-state index >= 15 is 0 Å². The van der Waals surface area contributed by atoms with Crippen molar-refractivity contribution in [1.82, 2.24) is 9.97 Å². The molecule has 2 aromatic rings. The molecule has 2 aliphatic heterocycles. The number of H-pyrrole nitrogens is 1. The van der Waals surface area contributed by atoms with E-state index in [-0.39, 0.29) is 28.7 Å². The van der Waals surface area contributed by atoms with Gasteiger partial charge in [0.25, 0.3) is 5.56 Å². The third-order valence-electron chi connectivity index (χ3n) is 5.61. The van der Waals surface area contributed by atoms with Gasteiger partial charge in [0.1, 0.15) is 5.82 Å². The Hall–Kier alpha value is -2.58. The smallest absolute Gasteiger partial charge is 0.258 e. The zero-order valence-corrected chi connectivity index (χ0v) is 18.7. The van der Waals surface area contributed by atoms with Crippen molar-refractivity contribution in [2.24, 2.45) is 11.8 Å². The Kier molecular flexibility index (Phi) is 5.94. The van der Waals surface area contributed by atoms with Crippen LogP contribution in [0.3, 0.4) is 0 Å². The van der Waals surface area contributed by atoms with E-state index in [9.17, 15) is 14.4 Å². The van der Waals surface area contributed by atoms with Crippen LogP contribution in [-0.2, 0) is 9.59 Å². The molecule has 10 heteroatoms. The van der Waals surface area contributed by atoms with Crippen molar-refractivity contribution in [3.63, 3.8) is 0 Å². The number of anilines is 3. The second-order valence-electron chi connectivity index (χ2n) is 8.43. The molecule has 0 spiro atoms. The van der Waals surface area contributed by atoms with Gasteiger partial charge in [0.2, 0.25) is 17.8 Å². The SMILES string of the molecule is C[C@@H]1C[C@@H](C)CN(c2nc3c(c(=O)[nH]2)[C@H](C(=O)Nc2ccc(Cl)c(Cl)c2)CC(=O)N3)C1. The summed E-state index contributed by atoms with van der Waals surface area (Å²) in [6.45, 7) is 5.84. The number of aromatic amines is 1. The number of nitrogens with one attached hydrogen (secondary N) is 3. The van der Waals surface area contributed by atoms with Crippen molar-refractivity contribution >= 4 is 52.5 Å². The number of halogens is 2. The van der Waals surface area contributed by atoms with E-state index in [4.69, 9.17) is 23.2 Å². The molecule has 8 nitrogen and oxygen atoms in total. The van der Waals surface area contributed by atoms with Crippen LogP contribution in [-0.4, -0.2) is 34.9 Å². The van der Waals surface area contributed by atoms with Crippen molar-refractivity contribution in [2.75, 3.05) is 28.6 Å². The van der Waals surface area contributed by atoms with E-state index in [1.807, 2.05) is 4.90 Å². The van der Waals surface area contributed by atoms with Gasteiger partial charge in [-0.3, -0.25) is 19.4 Å². The second kappa shape index (κ2) is 8.51. The van der Waals surface area contributed by atoms with Crippen LogP contribution >= 0.6 is 23.2 Å². The number of nitrogens with zero attached hydrogens (tertiary/aromatic N) is 2. The first-order valence-corrected chi connectivity index (χ1v) is 10.9. The number of amides is 2. The highest BCUT2D eigenvalue weighted by Gasteiger charge is 2.35. The molecular weight excluding hydrogens is 441 g/mol.